The molecule has 3 heterocycles. The number of carbonyl (C=O) groups is 2. The molecule has 0 aliphatic carbocycles. The first kappa shape index (κ1) is 21.8. The molecule has 5 rings (SSSR count). The Bertz CT molecular complexity index is 1040. The van der Waals surface area contributed by atoms with E-state index in [0.29, 0.717) is 6.54 Å². The summed E-state index contributed by atoms with van der Waals surface area (Å²) in [5.41, 5.74) is 3.62. The van der Waals surface area contributed by atoms with Crippen molar-refractivity contribution in [2.45, 2.75) is 57.2 Å². The molecule has 0 saturated carbocycles. The number of nitrogens with one attached hydrogen (secondary N) is 1. The largest absolute Gasteiger partial charge is 0.497 e. The standard InChI is InChI=1S/C27H33N3O3/c1-3-23(19-9-6-10-20(16-19)33-2)28-27(32)30-14-7-12-22-25(30)17-24-21-11-5-4-8-18(21)13-15-29(24)26(22)31/h4-6,8-11,16,22-25H,3,7,12-15,17H2,1-2H3,(H,28,32)/t22-,23+,24+,25-/m0/s1. The number of fused-ring (bicyclic) bond motifs is 4. The van der Waals surface area contributed by atoms with Crippen LogP contribution in [0.3, 0.4) is 0 Å². The number of methoxy groups -OCH3 is 1. The predicted octanol–water partition coefficient (Wildman–Crippen LogP) is 4.47. The van der Waals surface area contributed by atoms with Crippen LogP contribution in [0.2, 0.25) is 0 Å². The predicted molar refractivity (Wildman–Crippen MR) is 127 cm³/mol. The summed E-state index contributed by atoms with van der Waals surface area (Å²) in [4.78, 5) is 31.0. The van der Waals surface area contributed by atoms with Crippen LogP contribution < -0.4 is 10.1 Å². The lowest BCUT2D eigenvalue weighted by molar-refractivity contribution is -0.148. The lowest BCUT2D eigenvalue weighted by Crippen LogP contribution is -2.61. The molecular formula is C27H33N3O3. The number of carbonyl (C=O) groups excluding carboxylic acids is 2. The average Bonchev–Trinajstić information content (AvgIpc) is 2.87. The molecule has 0 spiro atoms. The highest BCUT2D eigenvalue weighted by Crippen LogP contribution is 2.43. The monoisotopic (exact) mass is 447 g/mol. The van der Waals surface area contributed by atoms with Gasteiger partial charge in [-0.15, -0.1) is 0 Å². The molecule has 4 atom stereocenters. The minimum absolute atomic E-state index is 0.0542. The SMILES string of the molecule is CC[C@@H](NC(=O)N1CCC[C@@H]2C(=O)N3CCc4ccccc4[C@H]3C[C@@H]21)c1cccc(OC)c1. The third-order valence-electron chi connectivity index (χ3n) is 7.72. The molecule has 3 aliphatic rings. The van der Waals surface area contributed by atoms with Gasteiger partial charge in [0.1, 0.15) is 5.75 Å². The number of urea groups is 1. The van der Waals surface area contributed by atoms with Crippen LogP contribution >= 0.6 is 0 Å². The van der Waals surface area contributed by atoms with Gasteiger partial charge in [0.15, 0.2) is 0 Å². The Labute approximate surface area is 195 Å². The molecule has 2 aromatic rings. The molecule has 2 aromatic carbocycles. The van der Waals surface area contributed by atoms with Gasteiger partial charge in [0.2, 0.25) is 5.91 Å². The van der Waals surface area contributed by atoms with Crippen molar-refractivity contribution in [3.05, 3.63) is 65.2 Å². The van der Waals surface area contributed by atoms with Crippen molar-refractivity contribution in [3.63, 3.8) is 0 Å². The van der Waals surface area contributed by atoms with Gasteiger partial charge in [-0.25, -0.2) is 4.79 Å². The normalized spacial score (nSPS) is 24.9. The topological polar surface area (TPSA) is 61.9 Å². The van der Waals surface area contributed by atoms with E-state index < -0.39 is 0 Å². The van der Waals surface area contributed by atoms with E-state index in [1.54, 1.807) is 7.11 Å². The fraction of sp³-hybridized carbons (Fsp3) is 0.481. The first-order valence-electron chi connectivity index (χ1n) is 12.2. The Hall–Kier alpha value is -3.02. The molecule has 33 heavy (non-hydrogen) atoms. The second kappa shape index (κ2) is 9.08. The maximum atomic E-state index is 13.5. The van der Waals surface area contributed by atoms with E-state index in [4.69, 9.17) is 4.74 Å². The number of amides is 3. The van der Waals surface area contributed by atoms with Crippen LogP contribution in [-0.4, -0.2) is 48.0 Å². The molecule has 1 N–H and O–H groups in total. The minimum atomic E-state index is -0.0980. The van der Waals surface area contributed by atoms with Crippen LogP contribution in [0.25, 0.3) is 0 Å². The number of hydrogen-bond acceptors (Lipinski definition) is 3. The van der Waals surface area contributed by atoms with Gasteiger partial charge in [-0.2, -0.15) is 0 Å². The smallest absolute Gasteiger partial charge is 0.318 e. The van der Waals surface area contributed by atoms with Gasteiger partial charge in [-0.1, -0.05) is 43.3 Å². The number of rotatable bonds is 4. The van der Waals surface area contributed by atoms with Gasteiger partial charge >= 0.3 is 6.03 Å². The van der Waals surface area contributed by atoms with E-state index in [1.807, 2.05) is 29.2 Å². The van der Waals surface area contributed by atoms with Crippen molar-refractivity contribution in [1.29, 1.82) is 0 Å². The highest BCUT2D eigenvalue weighted by molar-refractivity contribution is 5.83. The molecule has 0 aromatic heterocycles. The van der Waals surface area contributed by atoms with Gasteiger partial charge in [0.25, 0.3) is 0 Å². The fourth-order valence-corrected chi connectivity index (χ4v) is 6.01. The summed E-state index contributed by atoms with van der Waals surface area (Å²) in [6.07, 6.45) is 4.25. The molecule has 3 amide bonds. The van der Waals surface area contributed by atoms with Crippen molar-refractivity contribution in [1.82, 2.24) is 15.1 Å². The zero-order chi connectivity index (χ0) is 22.9. The Morgan fingerprint density at radius 3 is 2.85 bits per heavy atom. The van der Waals surface area contributed by atoms with Crippen molar-refractivity contribution in [3.8, 4) is 5.75 Å². The van der Waals surface area contributed by atoms with E-state index in [1.165, 1.54) is 11.1 Å². The second-order valence-corrected chi connectivity index (χ2v) is 9.43. The second-order valence-electron chi connectivity index (χ2n) is 9.43. The van der Waals surface area contributed by atoms with Gasteiger partial charge in [0, 0.05) is 19.1 Å². The molecule has 6 heteroatoms. The molecule has 6 nitrogen and oxygen atoms in total. The minimum Gasteiger partial charge on any atom is -0.497 e. The van der Waals surface area contributed by atoms with Crippen LogP contribution in [0.4, 0.5) is 4.79 Å². The Kier molecular flexibility index (Phi) is 6.00. The van der Waals surface area contributed by atoms with Crippen molar-refractivity contribution in [2.75, 3.05) is 20.2 Å². The number of piperidine rings is 2. The van der Waals surface area contributed by atoms with Gasteiger partial charge in [-0.05, 0) is 60.9 Å². The summed E-state index contributed by atoms with van der Waals surface area (Å²) in [6, 6.07) is 16.2. The fourth-order valence-electron chi connectivity index (χ4n) is 6.01. The van der Waals surface area contributed by atoms with Crippen LogP contribution in [0.15, 0.2) is 48.5 Å². The lowest BCUT2D eigenvalue weighted by Gasteiger charge is -2.51. The zero-order valence-electron chi connectivity index (χ0n) is 19.5. The number of nitrogens with zero attached hydrogens (tertiary/aromatic N) is 2. The number of hydrogen-bond donors (Lipinski definition) is 1. The zero-order valence-corrected chi connectivity index (χ0v) is 19.5. The van der Waals surface area contributed by atoms with E-state index in [0.717, 1.165) is 50.0 Å². The molecule has 2 saturated heterocycles. The number of ether oxygens (including phenoxy) is 1. The summed E-state index contributed by atoms with van der Waals surface area (Å²) in [7, 11) is 1.65. The molecule has 174 valence electrons. The third kappa shape index (κ3) is 3.96. The highest BCUT2D eigenvalue weighted by Gasteiger charge is 2.48. The van der Waals surface area contributed by atoms with E-state index >= 15 is 0 Å². The first-order valence-corrected chi connectivity index (χ1v) is 12.2. The van der Waals surface area contributed by atoms with E-state index in [2.05, 4.69) is 41.4 Å². The van der Waals surface area contributed by atoms with Gasteiger partial charge in [-0.3, -0.25) is 4.79 Å². The number of benzene rings is 2. The van der Waals surface area contributed by atoms with E-state index in [9.17, 15) is 9.59 Å². The summed E-state index contributed by atoms with van der Waals surface area (Å²) in [5.74, 6) is 0.915. The first-order chi connectivity index (χ1) is 16.1. The Balaban J connectivity index is 1.38. The average molecular weight is 448 g/mol. The van der Waals surface area contributed by atoms with E-state index in [-0.39, 0.29) is 36.0 Å². The van der Waals surface area contributed by atoms with Gasteiger partial charge in [0.05, 0.1) is 25.1 Å². The molecular weight excluding hydrogens is 414 g/mol. The quantitative estimate of drug-likeness (QED) is 0.752. The maximum Gasteiger partial charge on any atom is 0.318 e. The summed E-state index contributed by atoms with van der Waals surface area (Å²) in [6.45, 7) is 3.55. The third-order valence-corrected chi connectivity index (χ3v) is 7.72. The molecule has 3 aliphatic heterocycles. The van der Waals surface area contributed by atoms with Gasteiger partial charge < -0.3 is 19.9 Å². The van der Waals surface area contributed by atoms with Crippen LogP contribution in [0.5, 0.6) is 5.75 Å². The maximum absolute atomic E-state index is 13.5. The summed E-state index contributed by atoms with van der Waals surface area (Å²) < 4.78 is 5.37. The highest BCUT2D eigenvalue weighted by atomic mass is 16.5. The molecule has 0 radical (unpaired) electrons. The Morgan fingerprint density at radius 1 is 1.18 bits per heavy atom. The Morgan fingerprint density at radius 2 is 2.03 bits per heavy atom. The summed E-state index contributed by atoms with van der Waals surface area (Å²) >= 11 is 0. The van der Waals surface area contributed by atoms with Crippen molar-refractivity contribution in [2.24, 2.45) is 5.92 Å². The number of likely N-dealkylation sites (tertiary alicyclic amines) is 1. The lowest BCUT2D eigenvalue weighted by atomic mass is 9.76. The van der Waals surface area contributed by atoms with Crippen molar-refractivity contribution < 1.29 is 14.3 Å². The van der Waals surface area contributed by atoms with Crippen LogP contribution in [0, 0.1) is 5.92 Å². The molecule has 2 fully saturated rings. The summed E-state index contributed by atoms with van der Waals surface area (Å²) in [5, 5.41) is 3.25. The molecule has 0 unspecified atom stereocenters. The van der Waals surface area contributed by atoms with Crippen LogP contribution in [0.1, 0.15) is 61.4 Å². The van der Waals surface area contributed by atoms with Crippen LogP contribution in [-0.2, 0) is 11.2 Å². The van der Waals surface area contributed by atoms with Crippen molar-refractivity contribution >= 4 is 11.9 Å². The molecule has 0 bridgehead atoms.